The fourth-order valence-electron chi connectivity index (χ4n) is 2.74. The number of rotatable bonds is 4. The number of hydrogen-bond donors (Lipinski definition) is 0. The van der Waals surface area contributed by atoms with Gasteiger partial charge in [-0.05, 0) is 32.1 Å². The van der Waals surface area contributed by atoms with E-state index in [-0.39, 0.29) is 30.6 Å². The predicted molar refractivity (Wildman–Crippen MR) is 60.1 cm³/mol. The summed E-state index contributed by atoms with van der Waals surface area (Å²) in [6, 6.07) is 0. The fourth-order valence-corrected chi connectivity index (χ4v) is 2.74. The number of hydrogen-bond acceptors (Lipinski definition) is 2. The molecule has 1 saturated carbocycles. The number of Topliss-reactive ketones (excluding diaryl/α,β-unsaturated/α-hetero) is 1. The average Bonchev–Trinajstić information content (AvgIpc) is 2.78. The van der Waals surface area contributed by atoms with Gasteiger partial charge in [0, 0.05) is 31.8 Å². The molecule has 1 aliphatic carbocycles. The quantitative estimate of drug-likeness (QED) is 0.760. The molecular formula is C13H20F2O2. The van der Waals surface area contributed by atoms with Gasteiger partial charge >= 0.3 is 0 Å². The predicted octanol–water partition coefficient (Wildman–Crippen LogP) is 3.34. The normalized spacial score (nSPS) is 29.4. The zero-order valence-electron chi connectivity index (χ0n) is 10.1. The Morgan fingerprint density at radius 2 is 1.94 bits per heavy atom. The van der Waals surface area contributed by atoms with E-state index in [0.29, 0.717) is 19.3 Å². The van der Waals surface area contributed by atoms with Crippen molar-refractivity contribution in [2.75, 3.05) is 6.61 Å². The Bertz CT molecular complexity index is 263. The minimum atomic E-state index is -2.54. The number of carbonyl (C=O) groups excluding carboxylic acids is 1. The van der Waals surface area contributed by atoms with E-state index in [9.17, 15) is 13.6 Å². The molecule has 98 valence electrons. The van der Waals surface area contributed by atoms with Crippen LogP contribution in [0.3, 0.4) is 0 Å². The van der Waals surface area contributed by atoms with E-state index in [1.54, 1.807) is 0 Å². The lowest BCUT2D eigenvalue weighted by Crippen LogP contribution is -2.29. The van der Waals surface area contributed by atoms with Gasteiger partial charge in [0.25, 0.3) is 0 Å². The molecule has 0 bridgehead atoms. The Labute approximate surface area is 101 Å². The van der Waals surface area contributed by atoms with Crippen LogP contribution in [0, 0.1) is 5.92 Å². The largest absolute Gasteiger partial charge is 0.378 e. The van der Waals surface area contributed by atoms with E-state index >= 15 is 0 Å². The molecule has 0 aromatic carbocycles. The second-order valence-corrected chi connectivity index (χ2v) is 5.27. The van der Waals surface area contributed by atoms with E-state index in [1.165, 1.54) is 0 Å². The number of ketones is 1. The van der Waals surface area contributed by atoms with Gasteiger partial charge in [0.1, 0.15) is 5.78 Å². The average molecular weight is 246 g/mol. The van der Waals surface area contributed by atoms with Crippen LogP contribution in [0.25, 0.3) is 0 Å². The van der Waals surface area contributed by atoms with Gasteiger partial charge in [-0.1, -0.05) is 0 Å². The van der Waals surface area contributed by atoms with Gasteiger partial charge in [0.2, 0.25) is 5.92 Å². The molecular weight excluding hydrogens is 226 g/mol. The van der Waals surface area contributed by atoms with Crippen molar-refractivity contribution in [3.63, 3.8) is 0 Å². The molecule has 0 aromatic heterocycles. The summed E-state index contributed by atoms with van der Waals surface area (Å²) < 4.78 is 31.3. The van der Waals surface area contributed by atoms with Crippen molar-refractivity contribution < 1.29 is 18.3 Å². The van der Waals surface area contributed by atoms with Gasteiger partial charge in [-0.2, -0.15) is 0 Å². The van der Waals surface area contributed by atoms with Crippen molar-refractivity contribution in [1.82, 2.24) is 0 Å². The van der Waals surface area contributed by atoms with Crippen molar-refractivity contribution in [1.29, 1.82) is 0 Å². The van der Waals surface area contributed by atoms with Crippen molar-refractivity contribution in [3.8, 4) is 0 Å². The van der Waals surface area contributed by atoms with Crippen molar-refractivity contribution in [3.05, 3.63) is 0 Å². The van der Waals surface area contributed by atoms with E-state index in [1.807, 2.05) is 0 Å². The molecule has 0 spiro atoms. The highest BCUT2D eigenvalue weighted by atomic mass is 19.3. The third kappa shape index (κ3) is 3.73. The van der Waals surface area contributed by atoms with Crippen LogP contribution >= 0.6 is 0 Å². The molecule has 2 nitrogen and oxygen atoms in total. The van der Waals surface area contributed by atoms with Gasteiger partial charge < -0.3 is 4.74 Å². The first-order valence-electron chi connectivity index (χ1n) is 6.59. The van der Waals surface area contributed by atoms with Crippen LogP contribution in [0.5, 0.6) is 0 Å². The first-order valence-corrected chi connectivity index (χ1v) is 6.59. The number of alkyl halides is 2. The van der Waals surface area contributed by atoms with Crippen molar-refractivity contribution in [2.24, 2.45) is 5.92 Å². The Morgan fingerprint density at radius 1 is 1.24 bits per heavy atom. The van der Waals surface area contributed by atoms with Crippen LogP contribution in [0.1, 0.15) is 51.4 Å². The third-order valence-electron chi connectivity index (χ3n) is 3.91. The molecule has 0 N–H and O–H groups in total. The summed E-state index contributed by atoms with van der Waals surface area (Å²) in [6.45, 7) is 0.800. The zero-order chi connectivity index (χ0) is 12.3. The molecule has 4 heteroatoms. The topological polar surface area (TPSA) is 26.3 Å². The maximum absolute atomic E-state index is 12.9. The monoisotopic (exact) mass is 246 g/mol. The smallest absolute Gasteiger partial charge is 0.248 e. The summed E-state index contributed by atoms with van der Waals surface area (Å²) in [5.41, 5.74) is 0. The first kappa shape index (κ1) is 12.9. The number of carbonyl (C=O) groups is 1. The minimum Gasteiger partial charge on any atom is -0.378 e. The summed E-state index contributed by atoms with van der Waals surface area (Å²) in [5.74, 6) is -2.50. The fraction of sp³-hybridized carbons (Fsp3) is 0.923. The van der Waals surface area contributed by atoms with E-state index in [0.717, 1.165) is 25.9 Å². The van der Waals surface area contributed by atoms with Crippen LogP contribution in [0.15, 0.2) is 0 Å². The van der Waals surface area contributed by atoms with Crippen LogP contribution < -0.4 is 0 Å². The summed E-state index contributed by atoms with van der Waals surface area (Å²) >= 11 is 0. The van der Waals surface area contributed by atoms with E-state index in [4.69, 9.17) is 4.74 Å². The Morgan fingerprint density at radius 3 is 2.53 bits per heavy atom. The van der Waals surface area contributed by atoms with Crippen LogP contribution in [-0.4, -0.2) is 24.4 Å². The summed E-state index contributed by atoms with van der Waals surface area (Å²) in [5, 5.41) is 0. The van der Waals surface area contributed by atoms with Crippen molar-refractivity contribution in [2.45, 2.75) is 63.4 Å². The maximum Gasteiger partial charge on any atom is 0.248 e. The lowest BCUT2D eigenvalue weighted by atomic mass is 9.82. The summed E-state index contributed by atoms with van der Waals surface area (Å²) in [6.07, 6.45) is 4.09. The Hall–Kier alpha value is -0.510. The van der Waals surface area contributed by atoms with E-state index in [2.05, 4.69) is 0 Å². The molecule has 2 rings (SSSR count). The molecule has 1 saturated heterocycles. The third-order valence-corrected chi connectivity index (χ3v) is 3.91. The Balaban J connectivity index is 1.69. The summed E-state index contributed by atoms with van der Waals surface area (Å²) in [4.78, 5) is 11.9. The van der Waals surface area contributed by atoms with Gasteiger partial charge in [0.15, 0.2) is 0 Å². The Kier molecular flexibility index (Phi) is 4.13. The highest BCUT2D eigenvalue weighted by molar-refractivity contribution is 5.81. The first-order chi connectivity index (χ1) is 8.07. The molecule has 2 aliphatic rings. The molecule has 0 radical (unpaired) electrons. The maximum atomic E-state index is 12.9. The molecule has 0 aromatic rings. The summed E-state index contributed by atoms with van der Waals surface area (Å²) in [7, 11) is 0. The van der Waals surface area contributed by atoms with Gasteiger partial charge in [-0.15, -0.1) is 0 Å². The minimum absolute atomic E-state index is 0.122. The van der Waals surface area contributed by atoms with Crippen LogP contribution in [0.2, 0.25) is 0 Å². The van der Waals surface area contributed by atoms with Crippen molar-refractivity contribution >= 4 is 5.78 Å². The van der Waals surface area contributed by atoms with Gasteiger partial charge in [-0.3, -0.25) is 4.79 Å². The molecule has 2 fully saturated rings. The highest BCUT2D eigenvalue weighted by Crippen LogP contribution is 2.37. The second kappa shape index (κ2) is 5.42. The molecule has 1 unspecified atom stereocenters. The molecule has 0 amide bonds. The second-order valence-electron chi connectivity index (χ2n) is 5.27. The lowest BCUT2D eigenvalue weighted by Gasteiger charge is -2.27. The van der Waals surface area contributed by atoms with Gasteiger partial charge in [-0.25, -0.2) is 8.78 Å². The van der Waals surface area contributed by atoms with Crippen LogP contribution in [-0.2, 0) is 9.53 Å². The number of halogens is 2. The molecule has 1 aliphatic heterocycles. The standard InChI is InChI=1S/C13H20F2O2/c14-13(15)7-5-10(6-8-13)12(16)4-3-11-2-1-9-17-11/h10-11H,1-9H2. The van der Waals surface area contributed by atoms with Gasteiger partial charge in [0.05, 0.1) is 6.10 Å². The molecule has 1 heterocycles. The lowest BCUT2D eigenvalue weighted by molar-refractivity contribution is -0.127. The van der Waals surface area contributed by atoms with Crippen LogP contribution in [0.4, 0.5) is 8.78 Å². The number of ether oxygens (including phenoxy) is 1. The highest BCUT2D eigenvalue weighted by Gasteiger charge is 2.37. The molecule has 17 heavy (non-hydrogen) atoms. The molecule has 1 atom stereocenters. The zero-order valence-corrected chi connectivity index (χ0v) is 10.1. The van der Waals surface area contributed by atoms with E-state index < -0.39 is 5.92 Å². The SMILES string of the molecule is O=C(CCC1CCCO1)C1CCC(F)(F)CC1.